The Hall–Kier alpha value is -1.30. The maximum absolute atomic E-state index is 12.1. The molecule has 0 aromatic carbocycles. The molecule has 1 unspecified atom stereocenters. The number of ether oxygens (including phenoxy) is 1. The number of hydrogen-bond donors (Lipinski definition) is 1. The second-order valence-corrected chi connectivity index (χ2v) is 5.62. The maximum atomic E-state index is 12.1. The Labute approximate surface area is 113 Å². The van der Waals surface area contributed by atoms with Gasteiger partial charge in [0.05, 0.1) is 13.0 Å². The Morgan fingerprint density at radius 3 is 2.68 bits per heavy atom. The smallest absolute Gasteiger partial charge is 0.319 e. The molecule has 19 heavy (non-hydrogen) atoms. The van der Waals surface area contributed by atoms with Crippen LogP contribution in [0.2, 0.25) is 0 Å². The zero-order valence-electron chi connectivity index (χ0n) is 11.4. The summed E-state index contributed by atoms with van der Waals surface area (Å²) in [5.74, 6) is -0.239. The Balaban J connectivity index is 1.70. The van der Waals surface area contributed by atoms with E-state index in [1.54, 1.807) is 9.80 Å². The predicted octanol–water partition coefficient (Wildman–Crippen LogP) is 0.871. The number of aliphatic carboxylic acids is 1. The molecule has 2 amide bonds. The molecule has 2 aliphatic rings. The summed E-state index contributed by atoms with van der Waals surface area (Å²) in [4.78, 5) is 26.1. The summed E-state index contributed by atoms with van der Waals surface area (Å²) >= 11 is 0. The molecule has 2 aliphatic heterocycles. The lowest BCUT2D eigenvalue weighted by Crippen LogP contribution is -2.55. The van der Waals surface area contributed by atoms with Gasteiger partial charge in [0.2, 0.25) is 0 Å². The van der Waals surface area contributed by atoms with E-state index < -0.39 is 5.97 Å². The van der Waals surface area contributed by atoms with Gasteiger partial charge >= 0.3 is 12.0 Å². The second kappa shape index (κ2) is 6.23. The Morgan fingerprint density at radius 2 is 2.11 bits per heavy atom. The van der Waals surface area contributed by atoms with Gasteiger partial charge in [0.25, 0.3) is 0 Å². The van der Waals surface area contributed by atoms with E-state index in [4.69, 9.17) is 9.84 Å². The van der Waals surface area contributed by atoms with Crippen molar-refractivity contribution in [2.75, 3.05) is 39.9 Å². The van der Waals surface area contributed by atoms with Gasteiger partial charge in [-0.1, -0.05) is 0 Å². The van der Waals surface area contributed by atoms with Crippen molar-refractivity contribution in [1.82, 2.24) is 9.80 Å². The average molecular weight is 270 g/mol. The molecule has 2 fully saturated rings. The van der Waals surface area contributed by atoms with E-state index in [0.29, 0.717) is 19.0 Å². The number of hydrogen-bond acceptors (Lipinski definition) is 3. The Kier molecular flexibility index (Phi) is 4.63. The van der Waals surface area contributed by atoms with Crippen molar-refractivity contribution in [1.29, 1.82) is 0 Å². The summed E-state index contributed by atoms with van der Waals surface area (Å²) in [5, 5.41) is 8.67. The fraction of sp³-hybridized carbons (Fsp3) is 0.846. The minimum atomic E-state index is -0.787. The number of carboxylic acids is 1. The van der Waals surface area contributed by atoms with Crippen molar-refractivity contribution >= 4 is 12.0 Å². The van der Waals surface area contributed by atoms with E-state index in [9.17, 15) is 9.59 Å². The fourth-order valence-corrected chi connectivity index (χ4v) is 2.76. The monoisotopic (exact) mass is 270 g/mol. The first-order chi connectivity index (χ1) is 9.06. The molecule has 0 radical (unpaired) electrons. The van der Waals surface area contributed by atoms with Crippen LogP contribution in [-0.4, -0.2) is 66.8 Å². The third-order valence-electron chi connectivity index (χ3n) is 3.80. The molecule has 0 spiro atoms. The van der Waals surface area contributed by atoms with E-state index in [2.05, 4.69) is 0 Å². The molecule has 2 heterocycles. The number of carboxylic acid groups (broad SMARTS) is 1. The highest BCUT2D eigenvalue weighted by Crippen LogP contribution is 2.21. The zero-order chi connectivity index (χ0) is 13.8. The molecule has 1 N–H and O–H groups in total. The molecule has 0 bridgehead atoms. The predicted molar refractivity (Wildman–Crippen MR) is 68.9 cm³/mol. The minimum absolute atomic E-state index is 0.00668. The van der Waals surface area contributed by atoms with Crippen molar-refractivity contribution < 1.29 is 19.4 Å². The number of nitrogens with zero attached hydrogens (tertiary/aromatic N) is 2. The van der Waals surface area contributed by atoms with Crippen LogP contribution in [0.4, 0.5) is 4.79 Å². The number of likely N-dealkylation sites (tertiary alicyclic amines) is 1. The molecular weight excluding hydrogens is 248 g/mol. The third-order valence-corrected chi connectivity index (χ3v) is 3.80. The van der Waals surface area contributed by atoms with Crippen molar-refractivity contribution in [2.45, 2.75) is 19.3 Å². The van der Waals surface area contributed by atoms with Crippen LogP contribution >= 0.6 is 0 Å². The molecule has 2 rings (SSSR count). The highest BCUT2D eigenvalue weighted by Gasteiger charge is 2.34. The van der Waals surface area contributed by atoms with Crippen molar-refractivity contribution in [3.63, 3.8) is 0 Å². The van der Waals surface area contributed by atoms with Crippen molar-refractivity contribution in [2.24, 2.45) is 11.8 Å². The first-order valence-electron chi connectivity index (χ1n) is 6.86. The molecule has 2 saturated heterocycles. The molecule has 0 aromatic rings. The van der Waals surface area contributed by atoms with Crippen LogP contribution in [0.1, 0.15) is 19.3 Å². The lowest BCUT2D eigenvalue weighted by molar-refractivity contribution is -0.139. The van der Waals surface area contributed by atoms with Gasteiger partial charge in [0, 0.05) is 45.1 Å². The first-order valence-corrected chi connectivity index (χ1v) is 6.86. The maximum Gasteiger partial charge on any atom is 0.319 e. The largest absolute Gasteiger partial charge is 0.481 e. The van der Waals surface area contributed by atoms with Crippen LogP contribution < -0.4 is 0 Å². The molecule has 6 heteroatoms. The summed E-state index contributed by atoms with van der Waals surface area (Å²) in [6, 6.07) is 0.00668. The SMILES string of the molecule is CN(CC1CCCOC1)C(=O)N1CC(CC(=O)O)C1. The molecule has 108 valence electrons. The zero-order valence-corrected chi connectivity index (χ0v) is 11.4. The van der Waals surface area contributed by atoms with Crippen molar-refractivity contribution in [3.8, 4) is 0 Å². The quantitative estimate of drug-likeness (QED) is 0.823. The summed E-state index contributed by atoms with van der Waals surface area (Å²) in [7, 11) is 1.81. The number of urea groups is 1. The van der Waals surface area contributed by atoms with Crippen molar-refractivity contribution in [3.05, 3.63) is 0 Å². The van der Waals surface area contributed by atoms with Gasteiger partial charge in [-0.3, -0.25) is 4.79 Å². The van der Waals surface area contributed by atoms with Gasteiger partial charge in [-0.15, -0.1) is 0 Å². The van der Waals surface area contributed by atoms with Gasteiger partial charge in [0.1, 0.15) is 0 Å². The van der Waals surface area contributed by atoms with E-state index in [1.807, 2.05) is 7.05 Å². The van der Waals surface area contributed by atoms with Gasteiger partial charge in [-0.05, 0) is 12.8 Å². The number of carbonyl (C=O) groups excluding carboxylic acids is 1. The Morgan fingerprint density at radius 1 is 1.37 bits per heavy atom. The lowest BCUT2D eigenvalue weighted by Gasteiger charge is -2.41. The highest BCUT2D eigenvalue weighted by atomic mass is 16.5. The minimum Gasteiger partial charge on any atom is -0.481 e. The molecule has 0 saturated carbocycles. The van der Waals surface area contributed by atoms with Crippen LogP contribution in [0.25, 0.3) is 0 Å². The van der Waals surface area contributed by atoms with E-state index in [0.717, 1.165) is 32.6 Å². The summed E-state index contributed by atoms with van der Waals surface area (Å²) in [5.41, 5.74) is 0. The standard InChI is InChI=1S/C13H22N2O4/c1-14(6-10-3-2-4-19-9-10)13(18)15-7-11(8-15)5-12(16)17/h10-11H,2-9H2,1H3,(H,16,17). The second-order valence-electron chi connectivity index (χ2n) is 5.62. The van der Waals surface area contributed by atoms with Gasteiger partial charge in [-0.2, -0.15) is 0 Å². The van der Waals surface area contributed by atoms with E-state index in [1.165, 1.54) is 0 Å². The topological polar surface area (TPSA) is 70.1 Å². The Bertz CT molecular complexity index is 336. The summed E-state index contributed by atoms with van der Waals surface area (Å²) in [6.45, 7) is 3.42. The summed E-state index contributed by atoms with van der Waals surface area (Å²) < 4.78 is 5.41. The van der Waals surface area contributed by atoms with Crippen LogP contribution in [0.15, 0.2) is 0 Å². The average Bonchev–Trinajstić information content (AvgIpc) is 2.33. The highest BCUT2D eigenvalue weighted by molar-refractivity contribution is 5.75. The number of carbonyl (C=O) groups is 2. The van der Waals surface area contributed by atoms with Gasteiger partial charge in [-0.25, -0.2) is 4.79 Å². The van der Waals surface area contributed by atoms with Gasteiger partial charge in [0.15, 0.2) is 0 Å². The third kappa shape index (κ3) is 3.83. The molecule has 6 nitrogen and oxygen atoms in total. The van der Waals surface area contributed by atoms with Gasteiger partial charge < -0.3 is 19.6 Å². The summed E-state index contributed by atoms with van der Waals surface area (Å²) in [6.07, 6.45) is 2.33. The number of rotatable bonds is 4. The molecule has 0 aliphatic carbocycles. The van der Waals surface area contributed by atoms with E-state index >= 15 is 0 Å². The molecule has 1 atom stereocenters. The normalized spacial score (nSPS) is 23.8. The fourth-order valence-electron chi connectivity index (χ4n) is 2.76. The van der Waals surface area contributed by atoms with Crippen LogP contribution in [0.3, 0.4) is 0 Å². The molecule has 0 aromatic heterocycles. The molecular formula is C13H22N2O4. The lowest BCUT2D eigenvalue weighted by atomic mass is 9.97. The number of amides is 2. The van der Waals surface area contributed by atoms with Crippen LogP contribution in [0, 0.1) is 11.8 Å². The first kappa shape index (κ1) is 14.1. The van der Waals surface area contributed by atoms with Crippen LogP contribution in [0.5, 0.6) is 0 Å². The van der Waals surface area contributed by atoms with Crippen LogP contribution in [-0.2, 0) is 9.53 Å². The van der Waals surface area contributed by atoms with E-state index in [-0.39, 0.29) is 18.4 Å².